The van der Waals surface area contributed by atoms with Crippen LogP contribution in [0.3, 0.4) is 0 Å². The minimum absolute atomic E-state index is 0.410. The predicted molar refractivity (Wildman–Crippen MR) is 31.1 cm³/mol. The molecule has 0 fully saturated rings. The van der Waals surface area contributed by atoms with Gasteiger partial charge in [-0.15, -0.1) is 0 Å². The second kappa shape index (κ2) is 2.90. The minimum Gasteiger partial charge on any atom is -0.363 e. The van der Waals surface area contributed by atoms with Crippen molar-refractivity contribution >= 4 is 18.0 Å². The molecule has 0 unspecified atom stereocenters. The second-order valence-corrected chi connectivity index (χ2v) is 1.10. The number of rotatable bonds is 0. The van der Waals surface area contributed by atoms with Crippen LogP contribution in [0.4, 0.5) is 0 Å². The van der Waals surface area contributed by atoms with E-state index in [4.69, 9.17) is 5.41 Å². The zero-order chi connectivity index (χ0) is 6.57. The molecule has 0 rings (SSSR count). The van der Waals surface area contributed by atoms with E-state index < -0.39 is 11.7 Å². The smallest absolute Gasteiger partial charge is 0.285 e. The van der Waals surface area contributed by atoms with E-state index in [1.165, 1.54) is 6.21 Å². The Morgan fingerprint density at radius 1 is 1.88 bits per heavy atom. The average molecular weight is 113 g/mol. The first kappa shape index (κ1) is 6.81. The summed E-state index contributed by atoms with van der Waals surface area (Å²) in [5, 5.41) is 6.67. The van der Waals surface area contributed by atoms with E-state index >= 15 is 0 Å². The Bertz CT molecular complexity index is 138. The molecule has 0 atom stereocenters. The number of amidine groups is 1. The first-order chi connectivity index (χ1) is 3.68. The van der Waals surface area contributed by atoms with Crippen LogP contribution in [0.1, 0.15) is 6.92 Å². The Balaban J connectivity index is 3.85. The zero-order valence-corrected chi connectivity index (χ0v) is 4.51. The summed E-state index contributed by atoms with van der Waals surface area (Å²) in [7, 11) is 0. The fourth-order valence-electron chi connectivity index (χ4n) is 0.193. The van der Waals surface area contributed by atoms with Gasteiger partial charge >= 0.3 is 0 Å². The van der Waals surface area contributed by atoms with Crippen LogP contribution in [0.15, 0.2) is 4.99 Å². The lowest BCUT2D eigenvalue weighted by atomic mass is 10.6. The summed E-state index contributed by atoms with van der Waals surface area (Å²) in [4.78, 5) is 13.3. The maximum absolute atomic E-state index is 9.97. The molecule has 44 valence electrons. The second-order valence-electron chi connectivity index (χ2n) is 1.10. The highest BCUT2D eigenvalue weighted by atomic mass is 16.1. The third-order valence-electron chi connectivity index (χ3n) is 0.492. The minimum atomic E-state index is -0.803. The third-order valence-corrected chi connectivity index (χ3v) is 0.492. The van der Waals surface area contributed by atoms with Gasteiger partial charge in [-0.05, 0) is 6.92 Å². The first-order valence-corrected chi connectivity index (χ1v) is 2.05. The summed E-state index contributed by atoms with van der Waals surface area (Å²) in [5.41, 5.74) is 4.64. The predicted octanol–water partition coefficient (Wildman–Crippen LogP) is -0.460. The lowest BCUT2D eigenvalue weighted by molar-refractivity contribution is -0.112. The molecule has 0 radical (unpaired) electrons. The van der Waals surface area contributed by atoms with Gasteiger partial charge in [0, 0.05) is 6.21 Å². The van der Waals surface area contributed by atoms with Crippen molar-refractivity contribution in [2.75, 3.05) is 0 Å². The van der Waals surface area contributed by atoms with Gasteiger partial charge in [0.05, 0.1) is 0 Å². The van der Waals surface area contributed by atoms with E-state index in [0.29, 0.717) is 0 Å². The van der Waals surface area contributed by atoms with Crippen LogP contribution in [-0.2, 0) is 4.79 Å². The Morgan fingerprint density at radius 3 is 2.50 bits per heavy atom. The molecule has 0 aromatic carbocycles. The molecule has 0 aliphatic heterocycles. The number of hydrogen-bond donors (Lipinski definition) is 2. The van der Waals surface area contributed by atoms with Crippen molar-refractivity contribution in [1.82, 2.24) is 0 Å². The molecule has 1 amide bonds. The quantitative estimate of drug-likeness (QED) is 0.323. The molecule has 0 aromatic rings. The van der Waals surface area contributed by atoms with Gasteiger partial charge in [0.25, 0.3) is 5.91 Å². The number of primary amides is 1. The van der Waals surface area contributed by atoms with Gasteiger partial charge < -0.3 is 5.73 Å². The third kappa shape index (κ3) is 2.07. The van der Waals surface area contributed by atoms with Crippen LogP contribution < -0.4 is 5.73 Å². The number of carbonyl (C=O) groups excluding carboxylic acids is 1. The van der Waals surface area contributed by atoms with Crippen LogP contribution in [0.25, 0.3) is 0 Å². The van der Waals surface area contributed by atoms with Crippen molar-refractivity contribution in [3.63, 3.8) is 0 Å². The maximum Gasteiger partial charge on any atom is 0.285 e. The summed E-state index contributed by atoms with van der Waals surface area (Å²) in [5.74, 6) is -1.21. The van der Waals surface area contributed by atoms with E-state index in [1.807, 2.05) is 0 Å². The zero-order valence-electron chi connectivity index (χ0n) is 4.51. The Labute approximate surface area is 46.9 Å². The SMILES string of the molecule is C/C=N\C(=N)C(N)=O. The van der Waals surface area contributed by atoms with Gasteiger partial charge in [-0.3, -0.25) is 10.2 Å². The first-order valence-electron chi connectivity index (χ1n) is 2.05. The highest BCUT2D eigenvalue weighted by Crippen LogP contribution is 1.69. The summed E-state index contributed by atoms with van der Waals surface area (Å²) >= 11 is 0. The topological polar surface area (TPSA) is 79.3 Å². The molecule has 0 aliphatic rings. The van der Waals surface area contributed by atoms with E-state index in [9.17, 15) is 4.79 Å². The van der Waals surface area contributed by atoms with E-state index in [-0.39, 0.29) is 0 Å². The molecule has 0 heterocycles. The van der Waals surface area contributed by atoms with Crippen LogP contribution in [0.2, 0.25) is 0 Å². The molecular weight excluding hydrogens is 106 g/mol. The highest BCUT2D eigenvalue weighted by Gasteiger charge is 1.96. The van der Waals surface area contributed by atoms with Crippen LogP contribution in [-0.4, -0.2) is 18.0 Å². The summed E-state index contributed by atoms with van der Waals surface area (Å²) in [6.07, 6.45) is 1.34. The normalized spacial score (nSPS) is 9.62. The largest absolute Gasteiger partial charge is 0.363 e. The van der Waals surface area contributed by atoms with Gasteiger partial charge in [-0.1, -0.05) is 0 Å². The number of carbonyl (C=O) groups is 1. The molecule has 8 heavy (non-hydrogen) atoms. The van der Waals surface area contributed by atoms with Gasteiger partial charge in [0.1, 0.15) is 0 Å². The average Bonchev–Trinajstić information content (AvgIpc) is 1.67. The molecule has 3 N–H and O–H groups in total. The molecule has 0 bridgehead atoms. The van der Waals surface area contributed by atoms with Gasteiger partial charge in [0.2, 0.25) is 5.84 Å². The van der Waals surface area contributed by atoms with E-state index in [1.54, 1.807) is 6.92 Å². The maximum atomic E-state index is 9.97. The Kier molecular flexibility index (Phi) is 2.47. The highest BCUT2D eigenvalue weighted by molar-refractivity contribution is 6.37. The molecule has 4 heteroatoms. The lowest BCUT2D eigenvalue weighted by Crippen LogP contribution is -2.20. The van der Waals surface area contributed by atoms with E-state index in [2.05, 4.69) is 10.7 Å². The standard InChI is InChI=1S/C4H7N3O/c1-2-7-3(5)4(6)8/h2,5H,1H3,(H2,6,8)/b5-3?,7-2-. The number of hydrogen-bond acceptors (Lipinski definition) is 2. The lowest BCUT2D eigenvalue weighted by Gasteiger charge is -1.83. The van der Waals surface area contributed by atoms with Crippen molar-refractivity contribution in [2.24, 2.45) is 10.7 Å². The molecule has 0 spiro atoms. The fourth-order valence-corrected chi connectivity index (χ4v) is 0.193. The number of amides is 1. The number of nitrogens with zero attached hydrogens (tertiary/aromatic N) is 1. The van der Waals surface area contributed by atoms with E-state index in [0.717, 1.165) is 0 Å². The number of nitrogens with two attached hydrogens (primary N) is 1. The van der Waals surface area contributed by atoms with Crippen molar-refractivity contribution in [3.8, 4) is 0 Å². The summed E-state index contributed by atoms with van der Waals surface area (Å²) in [6.45, 7) is 1.61. The van der Waals surface area contributed by atoms with Crippen LogP contribution >= 0.6 is 0 Å². The van der Waals surface area contributed by atoms with Crippen molar-refractivity contribution < 1.29 is 4.79 Å². The van der Waals surface area contributed by atoms with Crippen molar-refractivity contribution in [3.05, 3.63) is 0 Å². The molecule has 0 aliphatic carbocycles. The number of nitrogens with one attached hydrogen (secondary N) is 1. The van der Waals surface area contributed by atoms with Crippen LogP contribution in [0, 0.1) is 5.41 Å². The van der Waals surface area contributed by atoms with Gasteiger partial charge in [-0.25, -0.2) is 4.99 Å². The molecular formula is C4H7N3O. The fraction of sp³-hybridized carbons (Fsp3) is 0.250. The monoisotopic (exact) mass is 113 g/mol. The molecule has 0 aromatic heterocycles. The molecule has 0 saturated heterocycles. The van der Waals surface area contributed by atoms with Gasteiger partial charge in [0.15, 0.2) is 0 Å². The van der Waals surface area contributed by atoms with Crippen molar-refractivity contribution in [1.29, 1.82) is 5.41 Å². The Morgan fingerprint density at radius 2 is 2.38 bits per heavy atom. The van der Waals surface area contributed by atoms with Crippen molar-refractivity contribution in [2.45, 2.75) is 6.92 Å². The molecule has 4 nitrogen and oxygen atoms in total. The Hall–Kier alpha value is -1.19. The molecule has 0 saturated carbocycles. The summed E-state index contributed by atoms with van der Waals surface area (Å²) in [6, 6.07) is 0. The van der Waals surface area contributed by atoms with Gasteiger partial charge in [-0.2, -0.15) is 0 Å². The summed E-state index contributed by atoms with van der Waals surface area (Å²) < 4.78 is 0. The number of aliphatic imine (C=N–C) groups is 1. The van der Waals surface area contributed by atoms with Crippen LogP contribution in [0.5, 0.6) is 0 Å².